The summed E-state index contributed by atoms with van der Waals surface area (Å²) in [7, 11) is -3.71. The predicted molar refractivity (Wildman–Crippen MR) is 77.6 cm³/mol. The lowest BCUT2D eigenvalue weighted by Gasteiger charge is -2.21. The first-order chi connectivity index (χ1) is 9.33. The maximum atomic E-state index is 12.2. The molecular formula is C13H14BrNO4S. The maximum absolute atomic E-state index is 12.2. The zero-order valence-electron chi connectivity index (χ0n) is 10.7. The van der Waals surface area contributed by atoms with Crippen LogP contribution in [0.5, 0.6) is 0 Å². The molecule has 0 saturated carbocycles. The summed E-state index contributed by atoms with van der Waals surface area (Å²) in [6, 6.07) is 9.69. The second kappa shape index (κ2) is 5.69. The van der Waals surface area contributed by atoms with Crippen molar-refractivity contribution in [3.8, 4) is 0 Å². The van der Waals surface area contributed by atoms with E-state index in [0.717, 1.165) is 0 Å². The van der Waals surface area contributed by atoms with E-state index in [0.29, 0.717) is 10.2 Å². The highest BCUT2D eigenvalue weighted by molar-refractivity contribution is 9.10. The fourth-order valence-corrected chi connectivity index (χ4v) is 3.78. The van der Waals surface area contributed by atoms with Crippen molar-refractivity contribution in [2.75, 3.05) is 6.54 Å². The molecule has 0 bridgehead atoms. The number of hydrogen-bond acceptors (Lipinski definition) is 4. The number of nitrogens with one attached hydrogen (secondary N) is 1. The summed E-state index contributed by atoms with van der Waals surface area (Å²) in [4.78, 5) is 0.121. The number of benzene rings is 1. The lowest BCUT2D eigenvalue weighted by molar-refractivity contribution is 0.0395. The molecule has 0 aliphatic heterocycles. The van der Waals surface area contributed by atoms with Gasteiger partial charge in [0.2, 0.25) is 10.0 Å². The molecule has 1 heterocycles. The normalized spacial score (nSPS) is 14.9. The third kappa shape index (κ3) is 3.29. The van der Waals surface area contributed by atoms with Crippen LogP contribution in [0.25, 0.3) is 0 Å². The zero-order valence-corrected chi connectivity index (χ0v) is 13.1. The van der Waals surface area contributed by atoms with Crippen LogP contribution >= 0.6 is 15.9 Å². The molecule has 7 heteroatoms. The monoisotopic (exact) mass is 359 g/mol. The van der Waals surface area contributed by atoms with Gasteiger partial charge in [0.25, 0.3) is 0 Å². The molecule has 0 amide bonds. The van der Waals surface area contributed by atoms with E-state index in [1.807, 2.05) is 0 Å². The fraction of sp³-hybridized carbons (Fsp3) is 0.231. The molecule has 0 radical (unpaired) electrons. The van der Waals surface area contributed by atoms with Crippen molar-refractivity contribution in [2.45, 2.75) is 17.4 Å². The maximum Gasteiger partial charge on any atom is 0.241 e. The van der Waals surface area contributed by atoms with Gasteiger partial charge in [-0.3, -0.25) is 0 Å². The van der Waals surface area contributed by atoms with Gasteiger partial charge in [0.15, 0.2) is 0 Å². The number of furan rings is 1. The summed E-state index contributed by atoms with van der Waals surface area (Å²) < 4.78 is 32.3. The molecule has 20 heavy (non-hydrogen) atoms. The first-order valence-electron chi connectivity index (χ1n) is 5.83. The molecular weight excluding hydrogens is 346 g/mol. The molecule has 0 unspecified atom stereocenters. The zero-order chi connectivity index (χ0) is 14.8. The van der Waals surface area contributed by atoms with Gasteiger partial charge < -0.3 is 9.52 Å². The fourth-order valence-electron chi connectivity index (χ4n) is 1.65. The van der Waals surface area contributed by atoms with Crippen LogP contribution in [0.4, 0.5) is 0 Å². The standard InChI is InChI=1S/C13H14BrNO4S/c1-13(16,12-7-4-8-19-12)9-15-20(17,18)11-6-3-2-5-10(11)14/h2-8,15-16H,9H2,1H3/t13-/m1/s1. The van der Waals surface area contributed by atoms with Gasteiger partial charge in [0, 0.05) is 11.0 Å². The lowest BCUT2D eigenvalue weighted by Crippen LogP contribution is -2.38. The van der Waals surface area contributed by atoms with Crippen LogP contribution in [0.2, 0.25) is 0 Å². The van der Waals surface area contributed by atoms with Crippen LogP contribution in [-0.4, -0.2) is 20.1 Å². The van der Waals surface area contributed by atoms with Crippen molar-refractivity contribution in [1.29, 1.82) is 0 Å². The van der Waals surface area contributed by atoms with Crippen molar-refractivity contribution in [2.24, 2.45) is 0 Å². The van der Waals surface area contributed by atoms with Gasteiger partial charge >= 0.3 is 0 Å². The minimum Gasteiger partial charge on any atom is -0.466 e. The van der Waals surface area contributed by atoms with E-state index in [-0.39, 0.29) is 11.4 Å². The highest BCUT2D eigenvalue weighted by Gasteiger charge is 2.29. The summed E-state index contributed by atoms with van der Waals surface area (Å²) in [5.74, 6) is 0.298. The Labute approximate surface area is 125 Å². The van der Waals surface area contributed by atoms with E-state index in [1.54, 1.807) is 30.3 Å². The number of aliphatic hydroxyl groups is 1. The smallest absolute Gasteiger partial charge is 0.241 e. The van der Waals surface area contributed by atoms with Crippen molar-refractivity contribution in [1.82, 2.24) is 4.72 Å². The van der Waals surface area contributed by atoms with E-state index in [2.05, 4.69) is 20.7 Å². The second-order valence-corrected chi connectivity index (χ2v) is 7.10. The van der Waals surface area contributed by atoms with E-state index in [4.69, 9.17) is 4.42 Å². The lowest BCUT2D eigenvalue weighted by atomic mass is 10.1. The van der Waals surface area contributed by atoms with Crippen molar-refractivity contribution in [3.05, 3.63) is 52.9 Å². The highest BCUT2D eigenvalue weighted by Crippen LogP contribution is 2.23. The van der Waals surface area contributed by atoms with E-state index < -0.39 is 15.6 Å². The van der Waals surface area contributed by atoms with E-state index >= 15 is 0 Å². The van der Waals surface area contributed by atoms with Crippen LogP contribution in [0.1, 0.15) is 12.7 Å². The third-order valence-electron chi connectivity index (χ3n) is 2.78. The first kappa shape index (κ1) is 15.2. The molecule has 2 N–H and O–H groups in total. The Morgan fingerprint density at radius 3 is 2.60 bits per heavy atom. The topological polar surface area (TPSA) is 79.5 Å². The Hall–Kier alpha value is -1.15. The van der Waals surface area contributed by atoms with E-state index in [9.17, 15) is 13.5 Å². The SMILES string of the molecule is C[C@@](O)(CNS(=O)(=O)c1ccccc1Br)c1ccco1. The molecule has 1 aromatic heterocycles. The molecule has 0 saturated heterocycles. The Bertz CT molecular complexity index is 680. The molecule has 0 aliphatic rings. The van der Waals surface area contributed by atoms with Crippen molar-refractivity contribution >= 4 is 26.0 Å². The van der Waals surface area contributed by atoms with Gasteiger partial charge in [-0.1, -0.05) is 12.1 Å². The third-order valence-corrected chi connectivity index (χ3v) is 5.20. The largest absolute Gasteiger partial charge is 0.466 e. The molecule has 0 aliphatic carbocycles. The minimum absolute atomic E-state index is 0.121. The molecule has 0 spiro atoms. The van der Waals surface area contributed by atoms with Gasteiger partial charge in [-0.25, -0.2) is 13.1 Å². The first-order valence-corrected chi connectivity index (χ1v) is 8.11. The number of hydrogen-bond donors (Lipinski definition) is 2. The summed E-state index contributed by atoms with van der Waals surface area (Å²) >= 11 is 3.19. The van der Waals surface area contributed by atoms with Crippen LogP contribution < -0.4 is 4.72 Å². The molecule has 0 fully saturated rings. The van der Waals surface area contributed by atoms with Gasteiger partial charge in [-0.05, 0) is 47.1 Å². The Balaban J connectivity index is 2.17. The Morgan fingerprint density at radius 2 is 2.00 bits per heavy atom. The number of sulfonamides is 1. The van der Waals surface area contributed by atoms with E-state index in [1.165, 1.54) is 19.3 Å². The second-order valence-electron chi connectivity index (χ2n) is 4.51. The molecule has 2 aromatic rings. The number of halogens is 1. The Kier molecular flexibility index (Phi) is 4.33. The van der Waals surface area contributed by atoms with Gasteiger partial charge in [-0.2, -0.15) is 0 Å². The molecule has 5 nitrogen and oxygen atoms in total. The van der Waals surface area contributed by atoms with Crippen LogP contribution in [0.3, 0.4) is 0 Å². The highest BCUT2D eigenvalue weighted by atomic mass is 79.9. The molecule has 1 aromatic carbocycles. The summed E-state index contributed by atoms with van der Waals surface area (Å²) in [5, 5.41) is 10.2. The van der Waals surface area contributed by atoms with Crippen LogP contribution in [-0.2, 0) is 15.6 Å². The summed E-state index contributed by atoms with van der Waals surface area (Å²) in [5.41, 5.74) is -1.42. The van der Waals surface area contributed by atoms with Gasteiger partial charge in [0.1, 0.15) is 11.4 Å². The number of rotatable bonds is 5. The Morgan fingerprint density at radius 1 is 1.30 bits per heavy atom. The summed E-state index contributed by atoms with van der Waals surface area (Å²) in [6.45, 7) is 1.29. The van der Waals surface area contributed by atoms with Crippen LogP contribution in [0.15, 0.2) is 56.4 Å². The molecule has 1 atom stereocenters. The van der Waals surface area contributed by atoms with Crippen molar-refractivity contribution in [3.63, 3.8) is 0 Å². The van der Waals surface area contributed by atoms with Crippen molar-refractivity contribution < 1.29 is 17.9 Å². The average Bonchev–Trinajstić information content (AvgIpc) is 2.92. The quantitative estimate of drug-likeness (QED) is 0.857. The minimum atomic E-state index is -3.71. The summed E-state index contributed by atoms with van der Waals surface area (Å²) in [6.07, 6.45) is 1.42. The van der Waals surface area contributed by atoms with Crippen LogP contribution in [0, 0.1) is 0 Å². The molecule has 2 rings (SSSR count). The molecule has 108 valence electrons. The van der Waals surface area contributed by atoms with Gasteiger partial charge in [-0.15, -0.1) is 0 Å². The van der Waals surface area contributed by atoms with Gasteiger partial charge in [0.05, 0.1) is 11.2 Å². The average molecular weight is 360 g/mol. The predicted octanol–water partition coefficient (Wildman–Crippen LogP) is 2.23.